The molecule has 0 saturated heterocycles. The summed E-state index contributed by atoms with van der Waals surface area (Å²) < 4.78 is 6.67. The summed E-state index contributed by atoms with van der Waals surface area (Å²) in [5.74, 6) is 0.606. The summed E-state index contributed by atoms with van der Waals surface area (Å²) in [6, 6.07) is 9.19. The molecule has 1 N–H and O–H groups in total. The second kappa shape index (κ2) is 9.58. The molecule has 0 spiro atoms. The minimum Gasteiger partial charge on any atom is -0.494 e. The third-order valence-electron chi connectivity index (χ3n) is 4.32. The maximum Gasteiger partial charge on any atom is 0.271 e. The highest BCUT2D eigenvalue weighted by molar-refractivity contribution is 5.87. The average Bonchev–Trinajstić information content (AvgIpc) is 2.66. The molecule has 6 nitrogen and oxygen atoms in total. The van der Waals surface area contributed by atoms with Gasteiger partial charge in [-0.25, -0.2) is 0 Å². The average molecular weight is 367 g/mol. The van der Waals surface area contributed by atoms with Crippen LogP contribution in [0.2, 0.25) is 0 Å². The number of nitrogens with zero attached hydrogens (tertiary/aromatic N) is 3. The maximum atomic E-state index is 12.5. The van der Waals surface area contributed by atoms with Gasteiger partial charge in [0, 0.05) is 12.8 Å². The van der Waals surface area contributed by atoms with Crippen LogP contribution in [0.4, 0.5) is 5.69 Å². The minimum atomic E-state index is -0.457. The lowest BCUT2D eigenvalue weighted by molar-refractivity contribution is 0.340. The smallest absolute Gasteiger partial charge is 0.271 e. The number of rotatable bonds is 8. The molecular weight excluding hydrogens is 342 g/mol. The van der Waals surface area contributed by atoms with Crippen LogP contribution in [-0.2, 0) is 6.54 Å². The van der Waals surface area contributed by atoms with E-state index in [9.17, 15) is 15.2 Å². The van der Waals surface area contributed by atoms with Crippen molar-refractivity contribution in [1.29, 1.82) is 5.26 Å². The Morgan fingerprint density at radius 2 is 1.96 bits per heavy atom. The first kappa shape index (κ1) is 20.2. The van der Waals surface area contributed by atoms with E-state index in [-0.39, 0.29) is 11.4 Å². The van der Waals surface area contributed by atoms with Crippen LogP contribution in [0.25, 0.3) is 0 Å². The van der Waals surface area contributed by atoms with E-state index in [0.717, 1.165) is 25.0 Å². The molecule has 0 aliphatic heterocycles. The molecule has 0 bridgehead atoms. The van der Waals surface area contributed by atoms with E-state index in [2.05, 4.69) is 11.9 Å². The van der Waals surface area contributed by atoms with Gasteiger partial charge in [0.05, 0.1) is 17.9 Å². The second-order valence-corrected chi connectivity index (χ2v) is 6.20. The molecular formula is C21H25N3O3. The molecule has 2 rings (SSSR count). The largest absolute Gasteiger partial charge is 0.494 e. The van der Waals surface area contributed by atoms with Gasteiger partial charge in [0.25, 0.3) is 5.56 Å². The lowest BCUT2D eigenvalue weighted by Gasteiger charge is -2.13. The molecule has 0 radical (unpaired) electrons. The molecule has 0 amide bonds. The number of aromatic hydroxyl groups is 1. The molecule has 1 aromatic heterocycles. The molecule has 0 atom stereocenters. The zero-order valence-electron chi connectivity index (χ0n) is 16.0. The summed E-state index contributed by atoms with van der Waals surface area (Å²) >= 11 is 0. The topological polar surface area (TPSA) is 87.6 Å². The van der Waals surface area contributed by atoms with Gasteiger partial charge in [-0.2, -0.15) is 5.26 Å². The van der Waals surface area contributed by atoms with E-state index in [4.69, 9.17) is 4.74 Å². The first-order chi connectivity index (χ1) is 13.0. The molecule has 0 aliphatic carbocycles. The lowest BCUT2D eigenvalue weighted by atomic mass is 10.1. The van der Waals surface area contributed by atoms with Crippen molar-refractivity contribution in [2.75, 3.05) is 6.61 Å². The van der Waals surface area contributed by atoms with Crippen molar-refractivity contribution in [2.45, 2.75) is 46.6 Å². The molecule has 142 valence electrons. The highest BCUT2D eigenvalue weighted by atomic mass is 16.5. The van der Waals surface area contributed by atoms with Crippen LogP contribution >= 0.6 is 0 Å². The summed E-state index contributed by atoms with van der Waals surface area (Å²) in [4.78, 5) is 16.9. The normalized spacial score (nSPS) is 10.9. The van der Waals surface area contributed by atoms with Crippen LogP contribution in [0.3, 0.4) is 0 Å². The number of unbranched alkanes of at least 4 members (excludes halogenated alkanes) is 2. The van der Waals surface area contributed by atoms with Crippen LogP contribution in [-0.4, -0.2) is 22.5 Å². The number of nitriles is 1. The van der Waals surface area contributed by atoms with Gasteiger partial charge in [-0.15, -0.1) is 0 Å². The molecule has 0 saturated carbocycles. The van der Waals surface area contributed by atoms with E-state index in [1.807, 2.05) is 25.1 Å². The number of benzene rings is 1. The third kappa shape index (κ3) is 4.76. The molecule has 0 fully saturated rings. The Hall–Kier alpha value is -3.07. The van der Waals surface area contributed by atoms with E-state index >= 15 is 0 Å². The summed E-state index contributed by atoms with van der Waals surface area (Å²) in [6.45, 7) is 6.59. The molecule has 0 unspecified atom stereocenters. The zero-order valence-corrected chi connectivity index (χ0v) is 16.0. The first-order valence-electron chi connectivity index (χ1n) is 9.16. The standard InChI is InChI=1S/C21H25N3O3/c1-4-6-7-12-24-20(25)18(13-22)15(3)19(21(24)26)14-23-16-8-10-17(11-9-16)27-5-2/h8-11,14,26H,4-7,12H2,1-3H3. The van der Waals surface area contributed by atoms with Crippen LogP contribution < -0.4 is 10.3 Å². The first-order valence-corrected chi connectivity index (χ1v) is 9.16. The van der Waals surface area contributed by atoms with Gasteiger partial charge >= 0.3 is 0 Å². The maximum absolute atomic E-state index is 12.5. The molecule has 2 aromatic rings. The quantitative estimate of drug-likeness (QED) is 0.563. The van der Waals surface area contributed by atoms with E-state index in [1.54, 1.807) is 19.1 Å². The monoisotopic (exact) mass is 367 g/mol. The molecule has 27 heavy (non-hydrogen) atoms. The number of hydrogen-bond acceptors (Lipinski definition) is 5. The Kier molecular flexibility index (Phi) is 7.18. The Morgan fingerprint density at radius 3 is 2.56 bits per heavy atom. The summed E-state index contributed by atoms with van der Waals surface area (Å²) in [5.41, 5.74) is 1.08. The van der Waals surface area contributed by atoms with Gasteiger partial charge in [-0.3, -0.25) is 14.4 Å². The van der Waals surface area contributed by atoms with Gasteiger partial charge in [0.15, 0.2) is 0 Å². The van der Waals surface area contributed by atoms with Gasteiger partial charge in [-0.05, 0) is 50.1 Å². The molecule has 6 heteroatoms. The number of pyridine rings is 1. The summed E-state index contributed by atoms with van der Waals surface area (Å²) in [7, 11) is 0. The van der Waals surface area contributed by atoms with E-state index in [1.165, 1.54) is 10.8 Å². The second-order valence-electron chi connectivity index (χ2n) is 6.20. The van der Waals surface area contributed by atoms with Crippen LogP contribution in [0.1, 0.15) is 49.8 Å². The van der Waals surface area contributed by atoms with Gasteiger partial charge in [-0.1, -0.05) is 19.8 Å². The Morgan fingerprint density at radius 1 is 1.26 bits per heavy atom. The highest BCUT2D eigenvalue weighted by Crippen LogP contribution is 2.23. The third-order valence-corrected chi connectivity index (χ3v) is 4.32. The van der Waals surface area contributed by atoms with E-state index in [0.29, 0.717) is 30.0 Å². The number of aliphatic imine (C=N–C) groups is 1. The van der Waals surface area contributed by atoms with Crippen molar-refractivity contribution in [3.05, 3.63) is 51.3 Å². The predicted octanol–water partition coefficient (Wildman–Crippen LogP) is 4.07. The van der Waals surface area contributed by atoms with Crippen LogP contribution in [0.5, 0.6) is 11.6 Å². The van der Waals surface area contributed by atoms with Crippen molar-refractivity contribution in [1.82, 2.24) is 4.57 Å². The number of aromatic nitrogens is 1. The summed E-state index contributed by atoms with van der Waals surface area (Å²) in [5, 5.41) is 20.0. The molecule has 1 heterocycles. The number of hydrogen-bond donors (Lipinski definition) is 1. The Bertz CT molecular complexity index is 906. The lowest BCUT2D eigenvalue weighted by Crippen LogP contribution is -2.25. The van der Waals surface area contributed by atoms with Crippen LogP contribution in [0, 0.1) is 18.3 Å². The molecule has 1 aromatic carbocycles. The predicted molar refractivity (Wildman–Crippen MR) is 106 cm³/mol. The van der Waals surface area contributed by atoms with E-state index < -0.39 is 5.56 Å². The van der Waals surface area contributed by atoms with Gasteiger partial charge in [0.1, 0.15) is 17.4 Å². The van der Waals surface area contributed by atoms with Gasteiger partial charge in [0.2, 0.25) is 5.88 Å². The Balaban J connectivity index is 2.41. The van der Waals surface area contributed by atoms with Crippen molar-refractivity contribution in [3.8, 4) is 17.7 Å². The fraction of sp³-hybridized carbons (Fsp3) is 0.381. The van der Waals surface area contributed by atoms with Crippen molar-refractivity contribution in [3.63, 3.8) is 0 Å². The SMILES string of the molecule is CCCCCn1c(O)c(C=Nc2ccc(OCC)cc2)c(C)c(C#N)c1=O. The van der Waals surface area contributed by atoms with Crippen molar-refractivity contribution in [2.24, 2.45) is 4.99 Å². The highest BCUT2D eigenvalue weighted by Gasteiger charge is 2.17. The summed E-state index contributed by atoms with van der Waals surface area (Å²) in [6.07, 6.45) is 4.19. The zero-order chi connectivity index (χ0) is 19.8. The van der Waals surface area contributed by atoms with Gasteiger partial charge < -0.3 is 9.84 Å². The number of ether oxygens (including phenoxy) is 1. The Labute approximate surface area is 159 Å². The fourth-order valence-corrected chi connectivity index (χ4v) is 2.79. The minimum absolute atomic E-state index is 0.0393. The molecule has 0 aliphatic rings. The van der Waals surface area contributed by atoms with Crippen molar-refractivity contribution < 1.29 is 9.84 Å². The van der Waals surface area contributed by atoms with Crippen molar-refractivity contribution >= 4 is 11.9 Å². The fourth-order valence-electron chi connectivity index (χ4n) is 2.79. The van der Waals surface area contributed by atoms with Crippen LogP contribution in [0.15, 0.2) is 34.1 Å².